The standard InChI is InChI=1S/C20H28N4O4S/c1-13(25)24-8-4-5-16(24)19(27)23-9-6-15-14(12-23)11-22(2)20(28)17(15)18(26)21-7-10-29-3/h11,16H,4-10,12H2,1-3H3,(H,21,26)/t16-/m0/s1. The number of fused-ring (bicyclic) bond motifs is 1. The van der Waals surface area contributed by atoms with Gasteiger partial charge in [0.25, 0.3) is 11.5 Å². The lowest BCUT2D eigenvalue weighted by Gasteiger charge is -2.34. The molecule has 1 atom stereocenters. The van der Waals surface area contributed by atoms with Crippen molar-refractivity contribution in [3.05, 3.63) is 33.2 Å². The minimum absolute atomic E-state index is 0.0526. The molecule has 0 radical (unpaired) electrons. The largest absolute Gasteiger partial charge is 0.351 e. The third kappa shape index (κ3) is 4.34. The van der Waals surface area contributed by atoms with E-state index in [0.29, 0.717) is 39.0 Å². The number of carbonyl (C=O) groups is 3. The molecule has 1 aromatic rings. The van der Waals surface area contributed by atoms with Gasteiger partial charge in [0.2, 0.25) is 11.8 Å². The number of aryl methyl sites for hydroxylation is 1. The van der Waals surface area contributed by atoms with Crippen LogP contribution in [0.4, 0.5) is 0 Å². The molecule has 158 valence electrons. The van der Waals surface area contributed by atoms with Crippen LogP contribution in [0.25, 0.3) is 0 Å². The maximum absolute atomic E-state index is 13.1. The molecule has 29 heavy (non-hydrogen) atoms. The molecular weight excluding hydrogens is 392 g/mol. The van der Waals surface area contributed by atoms with Crippen LogP contribution in [0.2, 0.25) is 0 Å². The fourth-order valence-corrected chi connectivity index (χ4v) is 4.48. The Bertz CT molecular complexity index is 882. The topological polar surface area (TPSA) is 91.7 Å². The second-order valence-corrected chi connectivity index (χ2v) is 8.54. The third-order valence-electron chi connectivity index (χ3n) is 5.64. The molecule has 0 spiro atoms. The van der Waals surface area contributed by atoms with E-state index in [-0.39, 0.29) is 28.8 Å². The van der Waals surface area contributed by atoms with Crippen molar-refractivity contribution in [1.29, 1.82) is 0 Å². The van der Waals surface area contributed by atoms with Gasteiger partial charge in [0.05, 0.1) is 0 Å². The molecule has 9 heteroatoms. The summed E-state index contributed by atoms with van der Waals surface area (Å²) >= 11 is 1.62. The highest BCUT2D eigenvalue weighted by molar-refractivity contribution is 7.98. The van der Waals surface area contributed by atoms with Crippen LogP contribution in [0.5, 0.6) is 0 Å². The quantitative estimate of drug-likeness (QED) is 0.695. The van der Waals surface area contributed by atoms with Gasteiger partial charge in [-0.2, -0.15) is 11.8 Å². The van der Waals surface area contributed by atoms with E-state index in [4.69, 9.17) is 0 Å². The number of nitrogens with zero attached hydrogens (tertiary/aromatic N) is 3. The van der Waals surface area contributed by atoms with E-state index in [1.165, 1.54) is 11.5 Å². The number of rotatable bonds is 5. The monoisotopic (exact) mass is 420 g/mol. The Morgan fingerprint density at radius 3 is 2.72 bits per heavy atom. The molecule has 3 rings (SSSR count). The Hall–Kier alpha value is -2.29. The normalized spacial score (nSPS) is 18.5. The number of aromatic nitrogens is 1. The predicted octanol–water partition coefficient (Wildman–Crippen LogP) is 0.374. The van der Waals surface area contributed by atoms with Gasteiger partial charge in [0.1, 0.15) is 11.6 Å². The number of hydrogen-bond acceptors (Lipinski definition) is 5. The zero-order valence-electron chi connectivity index (χ0n) is 17.2. The number of nitrogens with one attached hydrogen (secondary N) is 1. The predicted molar refractivity (Wildman–Crippen MR) is 112 cm³/mol. The number of likely N-dealkylation sites (tertiary alicyclic amines) is 1. The Labute approximate surface area is 174 Å². The first-order chi connectivity index (χ1) is 13.8. The van der Waals surface area contributed by atoms with Crippen molar-refractivity contribution in [3.63, 3.8) is 0 Å². The second kappa shape index (κ2) is 9.02. The molecule has 3 heterocycles. The second-order valence-electron chi connectivity index (χ2n) is 7.55. The van der Waals surface area contributed by atoms with Crippen molar-refractivity contribution >= 4 is 29.5 Å². The van der Waals surface area contributed by atoms with Crippen LogP contribution in [0, 0.1) is 0 Å². The summed E-state index contributed by atoms with van der Waals surface area (Å²) in [4.78, 5) is 53.5. The molecule has 1 saturated heterocycles. The fraction of sp³-hybridized carbons (Fsp3) is 0.600. The van der Waals surface area contributed by atoms with Crippen molar-refractivity contribution < 1.29 is 14.4 Å². The van der Waals surface area contributed by atoms with Crippen LogP contribution in [0.1, 0.15) is 41.3 Å². The summed E-state index contributed by atoms with van der Waals surface area (Å²) in [5, 5.41) is 2.82. The summed E-state index contributed by atoms with van der Waals surface area (Å²) in [7, 11) is 1.62. The zero-order chi connectivity index (χ0) is 21.1. The first-order valence-corrected chi connectivity index (χ1v) is 11.3. The molecule has 0 aliphatic carbocycles. The van der Waals surface area contributed by atoms with Gasteiger partial charge in [0.15, 0.2) is 0 Å². The van der Waals surface area contributed by atoms with E-state index in [9.17, 15) is 19.2 Å². The number of thioether (sulfide) groups is 1. The van der Waals surface area contributed by atoms with E-state index < -0.39 is 6.04 Å². The Morgan fingerprint density at radius 1 is 1.28 bits per heavy atom. The first kappa shape index (κ1) is 21.4. The molecule has 3 amide bonds. The molecule has 0 aromatic carbocycles. The van der Waals surface area contributed by atoms with E-state index in [0.717, 1.165) is 23.3 Å². The van der Waals surface area contributed by atoms with Crippen LogP contribution in [0.15, 0.2) is 11.0 Å². The summed E-state index contributed by atoms with van der Waals surface area (Å²) in [6.07, 6.45) is 5.63. The van der Waals surface area contributed by atoms with Gasteiger partial charge in [-0.05, 0) is 36.6 Å². The average Bonchev–Trinajstić information content (AvgIpc) is 3.18. The SMILES string of the molecule is CSCCNC(=O)c1c2c(cn(C)c1=O)CN(C(=O)[C@@H]1CCCN1C(C)=O)CC2. The van der Waals surface area contributed by atoms with Gasteiger partial charge in [-0.25, -0.2) is 0 Å². The van der Waals surface area contributed by atoms with E-state index >= 15 is 0 Å². The summed E-state index contributed by atoms with van der Waals surface area (Å²) in [6.45, 7) is 3.39. The summed E-state index contributed by atoms with van der Waals surface area (Å²) < 4.78 is 1.41. The highest BCUT2D eigenvalue weighted by atomic mass is 32.2. The Morgan fingerprint density at radius 2 is 2.03 bits per heavy atom. The van der Waals surface area contributed by atoms with Crippen LogP contribution < -0.4 is 10.9 Å². The van der Waals surface area contributed by atoms with E-state index in [1.807, 2.05) is 6.26 Å². The molecule has 0 saturated carbocycles. The smallest absolute Gasteiger partial charge is 0.263 e. The molecule has 2 aliphatic heterocycles. The number of pyridine rings is 1. The third-order valence-corrected chi connectivity index (χ3v) is 6.25. The summed E-state index contributed by atoms with van der Waals surface area (Å²) in [5.41, 5.74) is 1.41. The highest BCUT2D eigenvalue weighted by Gasteiger charge is 2.37. The van der Waals surface area contributed by atoms with Crippen molar-refractivity contribution in [2.24, 2.45) is 7.05 Å². The maximum Gasteiger partial charge on any atom is 0.263 e. The highest BCUT2D eigenvalue weighted by Crippen LogP contribution is 2.25. The minimum atomic E-state index is -0.407. The van der Waals surface area contributed by atoms with E-state index in [1.54, 1.807) is 34.8 Å². The van der Waals surface area contributed by atoms with Crippen molar-refractivity contribution in [2.45, 2.75) is 38.8 Å². The first-order valence-electron chi connectivity index (χ1n) is 9.89. The molecule has 8 nitrogen and oxygen atoms in total. The van der Waals surface area contributed by atoms with E-state index in [2.05, 4.69) is 5.32 Å². The summed E-state index contributed by atoms with van der Waals surface area (Å²) in [6, 6.07) is -0.407. The molecular formula is C20H28N4O4S. The minimum Gasteiger partial charge on any atom is -0.351 e. The lowest BCUT2D eigenvalue weighted by atomic mass is 9.95. The summed E-state index contributed by atoms with van der Waals surface area (Å²) in [5.74, 6) is 0.292. The van der Waals surface area contributed by atoms with Gasteiger partial charge < -0.3 is 19.7 Å². The molecule has 1 N–H and O–H groups in total. The van der Waals surface area contributed by atoms with Crippen molar-refractivity contribution in [1.82, 2.24) is 19.7 Å². The van der Waals surface area contributed by atoms with Crippen molar-refractivity contribution in [3.8, 4) is 0 Å². The number of amides is 3. The average molecular weight is 421 g/mol. The van der Waals surface area contributed by atoms with Crippen LogP contribution >= 0.6 is 11.8 Å². The maximum atomic E-state index is 13.1. The molecule has 0 unspecified atom stereocenters. The van der Waals surface area contributed by atoms with Crippen LogP contribution in [-0.4, -0.2) is 69.8 Å². The zero-order valence-corrected chi connectivity index (χ0v) is 18.0. The lowest BCUT2D eigenvalue weighted by molar-refractivity contribution is -0.143. The number of carbonyl (C=O) groups excluding carboxylic acids is 3. The molecule has 1 aromatic heterocycles. The molecule has 1 fully saturated rings. The van der Waals surface area contributed by atoms with Crippen LogP contribution in [0.3, 0.4) is 0 Å². The lowest BCUT2D eigenvalue weighted by Crippen LogP contribution is -2.49. The fourth-order valence-electron chi connectivity index (χ4n) is 4.18. The van der Waals surface area contributed by atoms with Gasteiger partial charge in [-0.1, -0.05) is 0 Å². The van der Waals surface area contributed by atoms with Gasteiger partial charge in [-0.15, -0.1) is 0 Å². The van der Waals surface area contributed by atoms with Crippen LogP contribution in [-0.2, 0) is 29.6 Å². The van der Waals surface area contributed by atoms with Crippen molar-refractivity contribution in [2.75, 3.05) is 31.6 Å². The van der Waals surface area contributed by atoms with Gasteiger partial charge >= 0.3 is 0 Å². The molecule has 2 aliphatic rings. The number of hydrogen-bond donors (Lipinski definition) is 1. The van der Waals surface area contributed by atoms with Gasteiger partial charge in [-0.3, -0.25) is 19.2 Å². The Kier molecular flexibility index (Phi) is 6.66. The Balaban J connectivity index is 1.83. The van der Waals surface area contributed by atoms with Gasteiger partial charge in [0, 0.05) is 52.1 Å². The molecule has 0 bridgehead atoms.